The molecule has 1 fully saturated rings. The average molecular weight is 370 g/mol. The van der Waals surface area contributed by atoms with Crippen LogP contribution >= 0.6 is 0 Å². The quantitative estimate of drug-likeness (QED) is 0.787. The number of rotatable bonds is 7. The fourth-order valence-corrected chi connectivity index (χ4v) is 3.63. The Kier molecular flexibility index (Phi) is 6.48. The molecule has 2 amide bonds. The molecule has 6 nitrogen and oxygen atoms in total. The number of para-hydroxylation sites is 2. The Bertz CT molecular complexity index is 791. The van der Waals surface area contributed by atoms with Gasteiger partial charge in [-0.05, 0) is 30.9 Å². The van der Waals surface area contributed by atoms with Crippen molar-refractivity contribution in [1.82, 2.24) is 20.2 Å². The predicted molar refractivity (Wildman–Crippen MR) is 106 cm³/mol. The summed E-state index contributed by atoms with van der Waals surface area (Å²) in [5.74, 6) is 1.32. The summed E-state index contributed by atoms with van der Waals surface area (Å²) in [4.78, 5) is 29.5. The molecule has 1 aromatic carbocycles. The van der Waals surface area contributed by atoms with Crippen molar-refractivity contribution in [2.75, 3.05) is 6.54 Å². The standard InChI is InChI=1S/C21H30N4O2/c1-15(2)12-22-20(26)14-25-18-11-7-6-10-17(18)24-19(25)13-23-21(27)16-8-4-3-5-9-16/h6-7,10-11,15-16H,3-5,8-9,12-14H2,1-2H3,(H,22,26)(H,23,27). The number of benzene rings is 1. The highest BCUT2D eigenvalue weighted by Crippen LogP contribution is 2.24. The van der Waals surface area contributed by atoms with Crippen LogP contribution in [0, 0.1) is 11.8 Å². The highest BCUT2D eigenvalue weighted by Gasteiger charge is 2.22. The Labute approximate surface area is 160 Å². The first-order chi connectivity index (χ1) is 13.0. The fourth-order valence-electron chi connectivity index (χ4n) is 3.63. The fraction of sp³-hybridized carbons (Fsp3) is 0.571. The van der Waals surface area contributed by atoms with Crippen LogP contribution in [0.4, 0.5) is 0 Å². The van der Waals surface area contributed by atoms with E-state index >= 15 is 0 Å². The lowest BCUT2D eigenvalue weighted by atomic mass is 9.89. The number of aromatic nitrogens is 2. The van der Waals surface area contributed by atoms with Gasteiger partial charge in [-0.3, -0.25) is 9.59 Å². The smallest absolute Gasteiger partial charge is 0.240 e. The minimum Gasteiger partial charge on any atom is -0.354 e. The van der Waals surface area contributed by atoms with Crippen LogP contribution in [0.15, 0.2) is 24.3 Å². The van der Waals surface area contributed by atoms with E-state index in [2.05, 4.69) is 29.5 Å². The number of fused-ring (bicyclic) bond motifs is 1. The molecule has 2 aromatic rings. The molecule has 1 aromatic heterocycles. The van der Waals surface area contributed by atoms with Crippen molar-refractivity contribution in [2.24, 2.45) is 11.8 Å². The summed E-state index contributed by atoms with van der Waals surface area (Å²) in [6.07, 6.45) is 5.43. The predicted octanol–water partition coefficient (Wildman–Crippen LogP) is 3.00. The van der Waals surface area contributed by atoms with Crippen molar-refractivity contribution in [3.05, 3.63) is 30.1 Å². The zero-order valence-corrected chi connectivity index (χ0v) is 16.3. The first-order valence-electron chi connectivity index (χ1n) is 10.0. The van der Waals surface area contributed by atoms with E-state index in [9.17, 15) is 9.59 Å². The van der Waals surface area contributed by atoms with Gasteiger partial charge in [-0.15, -0.1) is 0 Å². The van der Waals surface area contributed by atoms with Crippen molar-refractivity contribution in [2.45, 2.75) is 59.0 Å². The van der Waals surface area contributed by atoms with Crippen LogP contribution in [-0.4, -0.2) is 27.9 Å². The molecule has 1 aliphatic carbocycles. The van der Waals surface area contributed by atoms with Crippen LogP contribution in [0.2, 0.25) is 0 Å². The Hall–Kier alpha value is -2.37. The van der Waals surface area contributed by atoms with Crippen LogP contribution in [0.5, 0.6) is 0 Å². The molecule has 1 heterocycles. The summed E-state index contributed by atoms with van der Waals surface area (Å²) < 4.78 is 1.91. The summed E-state index contributed by atoms with van der Waals surface area (Å²) in [6, 6.07) is 7.77. The molecule has 0 radical (unpaired) electrons. The molecule has 6 heteroatoms. The summed E-state index contributed by atoms with van der Waals surface area (Å²) in [7, 11) is 0. The molecule has 0 spiro atoms. The molecule has 2 N–H and O–H groups in total. The molecule has 0 atom stereocenters. The van der Waals surface area contributed by atoms with E-state index in [4.69, 9.17) is 0 Å². The SMILES string of the molecule is CC(C)CNC(=O)Cn1c(CNC(=O)C2CCCCC2)nc2ccccc21. The van der Waals surface area contributed by atoms with Gasteiger partial charge >= 0.3 is 0 Å². The first-order valence-corrected chi connectivity index (χ1v) is 10.0. The van der Waals surface area contributed by atoms with Crippen molar-refractivity contribution in [3.63, 3.8) is 0 Å². The Balaban J connectivity index is 1.71. The highest BCUT2D eigenvalue weighted by atomic mass is 16.2. The molecule has 146 valence electrons. The Morgan fingerprint density at radius 1 is 1.15 bits per heavy atom. The van der Waals surface area contributed by atoms with E-state index in [-0.39, 0.29) is 24.3 Å². The van der Waals surface area contributed by atoms with E-state index in [1.54, 1.807) is 0 Å². The Morgan fingerprint density at radius 3 is 2.63 bits per heavy atom. The molecule has 27 heavy (non-hydrogen) atoms. The van der Waals surface area contributed by atoms with Gasteiger partial charge < -0.3 is 15.2 Å². The van der Waals surface area contributed by atoms with E-state index < -0.39 is 0 Å². The number of hydrogen-bond donors (Lipinski definition) is 2. The summed E-state index contributed by atoms with van der Waals surface area (Å²) in [5, 5.41) is 5.99. The number of imidazole rings is 1. The molecule has 3 rings (SSSR count). The van der Waals surface area contributed by atoms with Crippen LogP contribution in [-0.2, 0) is 22.7 Å². The topological polar surface area (TPSA) is 76.0 Å². The molecule has 1 saturated carbocycles. The van der Waals surface area contributed by atoms with Crippen molar-refractivity contribution in [3.8, 4) is 0 Å². The van der Waals surface area contributed by atoms with Crippen molar-refractivity contribution < 1.29 is 9.59 Å². The molecular weight excluding hydrogens is 340 g/mol. The maximum absolute atomic E-state index is 12.5. The van der Waals surface area contributed by atoms with E-state index in [1.807, 2.05) is 28.8 Å². The lowest BCUT2D eigenvalue weighted by Gasteiger charge is -2.20. The van der Waals surface area contributed by atoms with Gasteiger partial charge in [0, 0.05) is 12.5 Å². The van der Waals surface area contributed by atoms with Crippen LogP contribution in [0.3, 0.4) is 0 Å². The second-order valence-electron chi connectivity index (χ2n) is 7.85. The zero-order chi connectivity index (χ0) is 19.2. The van der Waals surface area contributed by atoms with Gasteiger partial charge in [-0.1, -0.05) is 45.2 Å². The number of carbonyl (C=O) groups excluding carboxylic acids is 2. The maximum atomic E-state index is 12.5. The maximum Gasteiger partial charge on any atom is 0.240 e. The van der Waals surface area contributed by atoms with Gasteiger partial charge in [-0.25, -0.2) is 4.98 Å². The highest BCUT2D eigenvalue weighted by molar-refractivity contribution is 5.81. The summed E-state index contributed by atoms with van der Waals surface area (Å²) >= 11 is 0. The molecule has 0 aliphatic heterocycles. The van der Waals surface area contributed by atoms with Gasteiger partial charge in [0.25, 0.3) is 0 Å². The van der Waals surface area contributed by atoms with Crippen LogP contribution in [0.25, 0.3) is 11.0 Å². The minimum absolute atomic E-state index is 0.0355. The summed E-state index contributed by atoms with van der Waals surface area (Å²) in [5.41, 5.74) is 1.76. The number of hydrogen-bond acceptors (Lipinski definition) is 3. The number of nitrogens with zero attached hydrogens (tertiary/aromatic N) is 2. The third-order valence-corrected chi connectivity index (χ3v) is 5.14. The molecule has 1 aliphatic rings. The van der Waals surface area contributed by atoms with E-state index in [1.165, 1.54) is 6.42 Å². The van der Waals surface area contributed by atoms with E-state index in [0.717, 1.165) is 42.5 Å². The largest absolute Gasteiger partial charge is 0.354 e. The minimum atomic E-state index is -0.0355. The first kappa shape index (κ1) is 19.4. The average Bonchev–Trinajstić information content (AvgIpc) is 3.02. The lowest BCUT2D eigenvalue weighted by molar-refractivity contribution is -0.126. The molecule has 0 saturated heterocycles. The second-order valence-corrected chi connectivity index (χ2v) is 7.85. The summed E-state index contributed by atoms with van der Waals surface area (Å²) in [6.45, 7) is 5.35. The third kappa shape index (κ3) is 5.08. The molecular formula is C21H30N4O2. The van der Waals surface area contributed by atoms with Gasteiger partial charge in [-0.2, -0.15) is 0 Å². The molecule has 0 unspecified atom stereocenters. The lowest BCUT2D eigenvalue weighted by Crippen LogP contribution is -2.34. The number of nitrogens with one attached hydrogen (secondary N) is 2. The van der Waals surface area contributed by atoms with Gasteiger partial charge in [0.1, 0.15) is 12.4 Å². The third-order valence-electron chi connectivity index (χ3n) is 5.14. The van der Waals surface area contributed by atoms with Crippen LogP contribution < -0.4 is 10.6 Å². The van der Waals surface area contributed by atoms with Crippen LogP contribution in [0.1, 0.15) is 51.8 Å². The zero-order valence-electron chi connectivity index (χ0n) is 16.3. The molecule has 0 bridgehead atoms. The second kappa shape index (κ2) is 9.02. The number of amides is 2. The van der Waals surface area contributed by atoms with Gasteiger partial charge in [0.05, 0.1) is 17.6 Å². The monoisotopic (exact) mass is 370 g/mol. The van der Waals surface area contributed by atoms with Crippen molar-refractivity contribution >= 4 is 22.8 Å². The van der Waals surface area contributed by atoms with Gasteiger partial charge in [0.15, 0.2) is 0 Å². The number of carbonyl (C=O) groups is 2. The normalized spacial score (nSPS) is 15.2. The van der Waals surface area contributed by atoms with E-state index in [0.29, 0.717) is 19.0 Å². The van der Waals surface area contributed by atoms with Crippen molar-refractivity contribution in [1.29, 1.82) is 0 Å². The Morgan fingerprint density at radius 2 is 1.89 bits per heavy atom. The van der Waals surface area contributed by atoms with Gasteiger partial charge in [0.2, 0.25) is 11.8 Å².